The first-order valence-electron chi connectivity index (χ1n) is 7.57. The van der Waals surface area contributed by atoms with Gasteiger partial charge in [-0.3, -0.25) is 0 Å². The molecule has 0 radical (unpaired) electrons. The Balaban J connectivity index is 1.73. The molecule has 1 saturated carbocycles. The van der Waals surface area contributed by atoms with Gasteiger partial charge in [0, 0.05) is 12.6 Å². The van der Waals surface area contributed by atoms with E-state index in [9.17, 15) is 5.11 Å². The van der Waals surface area contributed by atoms with Gasteiger partial charge in [0.1, 0.15) is 0 Å². The van der Waals surface area contributed by atoms with Crippen molar-refractivity contribution < 1.29 is 9.84 Å². The average Bonchev–Trinajstić information content (AvgIpc) is 2.73. The molecule has 1 aliphatic carbocycles. The molecular weight excluding hydrogens is 226 g/mol. The number of ether oxygens (including phenoxy) is 1. The molecular formula is C15H29NO2. The number of nitrogens with one attached hydrogen (secondary N) is 1. The third-order valence-electron chi connectivity index (χ3n) is 4.67. The summed E-state index contributed by atoms with van der Waals surface area (Å²) in [5.41, 5.74) is 0.0190. The Labute approximate surface area is 111 Å². The monoisotopic (exact) mass is 255 g/mol. The Hall–Kier alpha value is -0.120. The van der Waals surface area contributed by atoms with Gasteiger partial charge in [-0.15, -0.1) is 0 Å². The van der Waals surface area contributed by atoms with Crippen molar-refractivity contribution in [1.29, 1.82) is 0 Å². The minimum absolute atomic E-state index is 0.0190. The molecule has 18 heavy (non-hydrogen) atoms. The van der Waals surface area contributed by atoms with Gasteiger partial charge in [0.05, 0.1) is 25.2 Å². The van der Waals surface area contributed by atoms with Gasteiger partial charge >= 0.3 is 0 Å². The van der Waals surface area contributed by atoms with Crippen LogP contribution in [0.4, 0.5) is 0 Å². The molecule has 1 aliphatic heterocycles. The number of aliphatic hydroxyl groups excluding tert-OH is 1. The third-order valence-corrected chi connectivity index (χ3v) is 4.67. The van der Waals surface area contributed by atoms with Crippen molar-refractivity contribution in [2.45, 2.75) is 52.0 Å². The van der Waals surface area contributed by atoms with E-state index in [4.69, 9.17) is 4.74 Å². The summed E-state index contributed by atoms with van der Waals surface area (Å²) in [7, 11) is 0. The van der Waals surface area contributed by atoms with E-state index in [1.165, 1.54) is 32.1 Å². The van der Waals surface area contributed by atoms with Crippen LogP contribution >= 0.6 is 0 Å². The highest BCUT2D eigenvalue weighted by atomic mass is 16.5. The first kappa shape index (κ1) is 14.3. The zero-order valence-corrected chi connectivity index (χ0v) is 12.0. The normalized spacial score (nSPS) is 30.7. The first-order chi connectivity index (χ1) is 8.65. The van der Waals surface area contributed by atoms with Crippen molar-refractivity contribution in [2.24, 2.45) is 17.3 Å². The number of hydrogen-bond donors (Lipinski definition) is 2. The van der Waals surface area contributed by atoms with Gasteiger partial charge < -0.3 is 15.2 Å². The van der Waals surface area contributed by atoms with Crippen molar-refractivity contribution in [2.75, 3.05) is 26.4 Å². The lowest BCUT2D eigenvalue weighted by Crippen LogP contribution is -2.54. The Kier molecular flexibility index (Phi) is 5.05. The molecule has 1 heterocycles. The Morgan fingerprint density at radius 2 is 2.11 bits per heavy atom. The summed E-state index contributed by atoms with van der Waals surface area (Å²) in [6.07, 6.45) is 6.76. The SMILES string of the molecule is CC(C)CCC1CCCC1NCC1(CO)COC1. The Morgan fingerprint density at radius 3 is 2.67 bits per heavy atom. The summed E-state index contributed by atoms with van der Waals surface area (Å²) in [6.45, 7) is 7.24. The van der Waals surface area contributed by atoms with E-state index in [1.807, 2.05) is 0 Å². The minimum Gasteiger partial charge on any atom is -0.396 e. The topological polar surface area (TPSA) is 41.5 Å². The van der Waals surface area contributed by atoms with Crippen LogP contribution in [0, 0.1) is 17.3 Å². The molecule has 106 valence electrons. The van der Waals surface area contributed by atoms with E-state index in [-0.39, 0.29) is 12.0 Å². The van der Waals surface area contributed by atoms with E-state index < -0.39 is 0 Å². The minimum atomic E-state index is 0.0190. The lowest BCUT2D eigenvalue weighted by molar-refractivity contribution is -0.135. The summed E-state index contributed by atoms with van der Waals surface area (Å²) in [5, 5.41) is 13.1. The maximum absolute atomic E-state index is 9.43. The van der Waals surface area contributed by atoms with Gasteiger partial charge in [-0.2, -0.15) is 0 Å². The van der Waals surface area contributed by atoms with E-state index in [0.717, 1.165) is 31.6 Å². The van der Waals surface area contributed by atoms with Crippen LogP contribution in [0.25, 0.3) is 0 Å². The van der Waals surface area contributed by atoms with Crippen LogP contribution in [0.3, 0.4) is 0 Å². The van der Waals surface area contributed by atoms with Crippen molar-refractivity contribution in [3.8, 4) is 0 Å². The largest absolute Gasteiger partial charge is 0.396 e. The Bertz CT molecular complexity index is 245. The van der Waals surface area contributed by atoms with Crippen LogP contribution in [0.5, 0.6) is 0 Å². The van der Waals surface area contributed by atoms with Crippen molar-refractivity contribution in [3.05, 3.63) is 0 Å². The molecule has 2 unspecified atom stereocenters. The van der Waals surface area contributed by atoms with Crippen LogP contribution in [0.1, 0.15) is 46.0 Å². The molecule has 0 aromatic rings. The van der Waals surface area contributed by atoms with Gasteiger partial charge in [0.2, 0.25) is 0 Å². The van der Waals surface area contributed by atoms with Gasteiger partial charge in [-0.25, -0.2) is 0 Å². The highest BCUT2D eigenvalue weighted by Crippen LogP contribution is 2.32. The van der Waals surface area contributed by atoms with Crippen LogP contribution in [-0.2, 0) is 4.74 Å². The quantitative estimate of drug-likeness (QED) is 0.733. The molecule has 2 rings (SSSR count). The Morgan fingerprint density at radius 1 is 1.33 bits per heavy atom. The van der Waals surface area contributed by atoms with Crippen LogP contribution in [0.15, 0.2) is 0 Å². The molecule has 2 aliphatic rings. The molecule has 0 aromatic carbocycles. The predicted octanol–water partition coefficient (Wildman–Crippen LogP) is 2.19. The zero-order chi connectivity index (χ0) is 13.0. The van der Waals surface area contributed by atoms with E-state index in [1.54, 1.807) is 0 Å². The molecule has 1 saturated heterocycles. The second kappa shape index (κ2) is 6.36. The molecule has 0 bridgehead atoms. The van der Waals surface area contributed by atoms with E-state index in [0.29, 0.717) is 6.04 Å². The second-order valence-corrected chi connectivity index (χ2v) is 6.80. The molecule has 0 amide bonds. The van der Waals surface area contributed by atoms with Gasteiger partial charge in [-0.05, 0) is 31.1 Å². The van der Waals surface area contributed by atoms with E-state index in [2.05, 4.69) is 19.2 Å². The molecule has 3 nitrogen and oxygen atoms in total. The molecule has 0 aromatic heterocycles. The summed E-state index contributed by atoms with van der Waals surface area (Å²) in [4.78, 5) is 0. The second-order valence-electron chi connectivity index (χ2n) is 6.80. The fourth-order valence-electron chi connectivity index (χ4n) is 3.19. The lowest BCUT2D eigenvalue weighted by Gasteiger charge is -2.41. The third kappa shape index (κ3) is 3.46. The smallest absolute Gasteiger partial charge is 0.0579 e. The highest BCUT2D eigenvalue weighted by Gasteiger charge is 2.39. The van der Waals surface area contributed by atoms with Crippen molar-refractivity contribution in [1.82, 2.24) is 5.32 Å². The molecule has 2 atom stereocenters. The van der Waals surface area contributed by atoms with Crippen LogP contribution in [-0.4, -0.2) is 37.5 Å². The van der Waals surface area contributed by atoms with Gasteiger partial charge in [0.15, 0.2) is 0 Å². The summed E-state index contributed by atoms with van der Waals surface area (Å²) in [6, 6.07) is 0.674. The number of rotatable bonds is 7. The van der Waals surface area contributed by atoms with Crippen LogP contribution < -0.4 is 5.32 Å². The summed E-state index contributed by atoms with van der Waals surface area (Å²) in [5.74, 6) is 1.67. The van der Waals surface area contributed by atoms with Crippen LogP contribution in [0.2, 0.25) is 0 Å². The number of hydrogen-bond acceptors (Lipinski definition) is 3. The van der Waals surface area contributed by atoms with E-state index >= 15 is 0 Å². The average molecular weight is 255 g/mol. The molecule has 2 N–H and O–H groups in total. The van der Waals surface area contributed by atoms with Crippen molar-refractivity contribution in [3.63, 3.8) is 0 Å². The summed E-state index contributed by atoms with van der Waals surface area (Å²) >= 11 is 0. The molecule has 2 fully saturated rings. The lowest BCUT2D eigenvalue weighted by atomic mass is 9.86. The standard InChI is InChI=1S/C15H29NO2/c1-12(2)6-7-13-4-3-5-14(13)16-8-15(9-17)10-18-11-15/h12-14,16-17H,3-11H2,1-2H3. The van der Waals surface area contributed by atoms with Gasteiger partial charge in [0.25, 0.3) is 0 Å². The zero-order valence-electron chi connectivity index (χ0n) is 12.0. The molecule has 3 heteroatoms. The van der Waals surface area contributed by atoms with Gasteiger partial charge in [-0.1, -0.05) is 26.7 Å². The number of aliphatic hydroxyl groups is 1. The fourth-order valence-corrected chi connectivity index (χ4v) is 3.19. The maximum Gasteiger partial charge on any atom is 0.0579 e. The first-order valence-corrected chi connectivity index (χ1v) is 7.57. The highest BCUT2D eigenvalue weighted by molar-refractivity contribution is 4.91. The van der Waals surface area contributed by atoms with Crippen molar-refractivity contribution >= 4 is 0 Å². The predicted molar refractivity (Wildman–Crippen MR) is 73.5 cm³/mol. The maximum atomic E-state index is 9.43. The fraction of sp³-hybridized carbons (Fsp3) is 1.00. The summed E-state index contributed by atoms with van der Waals surface area (Å²) < 4.78 is 5.25. The molecule has 0 spiro atoms.